The maximum absolute atomic E-state index is 10.9. The zero-order valence-corrected chi connectivity index (χ0v) is 8.89. The second-order valence-electron chi connectivity index (χ2n) is 3.44. The molecule has 4 heteroatoms. The number of carbonyl (C=O) groups excluding carboxylic acids is 1. The first-order valence-electron chi connectivity index (χ1n) is 5.12. The van der Waals surface area contributed by atoms with E-state index in [9.17, 15) is 4.79 Å². The fraction of sp³-hybridized carbons (Fsp3) is 0.167. The number of aromatic nitrogens is 2. The highest BCUT2D eigenvalue weighted by Gasteiger charge is 2.00. The van der Waals surface area contributed by atoms with Crippen LogP contribution in [0.5, 0.6) is 0 Å². The first-order chi connectivity index (χ1) is 7.79. The van der Waals surface area contributed by atoms with Gasteiger partial charge in [-0.2, -0.15) is 0 Å². The van der Waals surface area contributed by atoms with Crippen LogP contribution in [0.1, 0.15) is 5.69 Å². The van der Waals surface area contributed by atoms with E-state index >= 15 is 0 Å². The molecule has 0 bridgehead atoms. The van der Waals surface area contributed by atoms with Crippen molar-refractivity contribution in [3.05, 3.63) is 48.9 Å². The Morgan fingerprint density at radius 2 is 2.44 bits per heavy atom. The van der Waals surface area contributed by atoms with E-state index in [0.29, 0.717) is 6.54 Å². The monoisotopic (exact) mass is 215 g/mol. The van der Waals surface area contributed by atoms with Gasteiger partial charge in [-0.05, 0) is 18.2 Å². The molecule has 0 aliphatic rings. The van der Waals surface area contributed by atoms with E-state index in [4.69, 9.17) is 0 Å². The zero-order valence-electron chi connectivity index (χ0n) is 8.89. The minimum atomic E-state index is -0.149. The third-order valence-corrected chi connectivity index (χ3v) is 2.28. The van der Waals surface area contributed by atoms with Crippen LogP contribution < -0.4 is 5.32 Å². The summed E-state index contributed by atoms with van der Waals surface area (Å²) in [6, 6.07) is 5.86. The van der Waals surface area contributed by atoms with Gasteiger partial charge >= 0.3 is 0 Å². The van der Waals surface area contributed by atoms with Crippen molar-refractivity contribution in [1.29, 1.82) is 0 Å². The summed E-state index contributed by atoms with van der Waals surface area (Å²) in [5.74, 6) is -0.149. The van der Waals surface area contributed by atoms with E-state index in [1.807, 2.05) is 35.0 Å². The molecule has 2 heterocycles. The molecule has 4 nitrogen and oxygen atoms in total. The van der Waals surface area contributed by atoms with Crippen molar-refractivity contribution in [2.24, 2.45) is 0 Å². The van der Waals surface area contributed by atoms with Crippen LogP contribution >= 0.6 is 0 Å². The van der Waals surface area contributed by atoms with Gasteiger partial charge in [0, 0.05) is 25.4 Å². The standard InChI is InChI=1S/C12H13N3O/c1-2-12(16)13-7-6-10-9-15-8-4-3-5-11(15)14-10/h2-5,8-9H,1,6-7H2,(H,13,16). The quantitative estimate of drug-likeness (QED) is 0.778. The third-order valence-electron chi connectivity index (χ3n) is 2.28. The Hall–Kier alpha value is -2.10. The van der Waals surface area contributed by atoms with Crippen molar-refractivity contribution < 1.29 is 4.79 Å². The summed E-state index contributed by atoms with van der Waals surface area (Å²) >= 11 is 0. The highest BCUT2D eigenvalue weighted by Crippen LogP contribution is 2.04. The fourth-order valence-corrected chi connectivity index (χ4v) is 1.49. The maximum Gasteiger partial charge on any atom is 0.243 e. The number of rotatable bonds is 4. The SMILES string of the molecule is C=CC(=O)NCCc1cn2ccccc2n1. The summed E-state index contributed by atoms with van der Waals surface area (Å²) < 4.78 is 1.96. The molecular formula is C12H13N3O. The van der Waals surface area contributed by atoms with Crippen molar-refractivity contribution in [2.45, 2.75) is 6.42 Å². The summed E-state index contributed by atoms with van der Waals surface area (Å²) in [4.78, 5) is 15.3. The first kappa shape index (κ1) is 10.4. The number of nitrogens with zero attached hydrogens (tertiary/aromatic N) is 2. The molecule has 0 aliphatic heterocycles. The van der Waals surface area contributed by atoms with Crippen molar-refractivity contribution in [1.82, 2.24) is 14.7 Å². The van der Waals surface area contributed by atoms with Crippen LogP contribution in [0.2, 0.25) is 0 Å². The number of pyridine rings is 1. The van der Waals surface area contributed by atoms with Gasteiger partial charge in [0.05, 0.1) is 5.69 Å². The average molecular weight is 215 g/mol. The number of imidazole rings is 1. The Bertz CT molecular complexity index is 483. The molecule has 0 aromatic carbocycles. The lowest BCUT2D eigenvalue weighted by atomic mass is 10.3. The molecule has 0 aliphatic carbocycles. The molecule has 16 heavy (non-hydrogen) atoms. The summed E-state index contributed by atoms with van der Waals surface area (Å²) in [7, 11) is 0. The fourth-order valence-electron chi connectivity index (χ4n) is 1.49. The van der Waals surface area contributed by atoms with Gasteiger partial charge in [0.1, 0.15) is 5.65 Å². The molecule has 0 spiro atoms. The Labute approximate surface area is 93.6 Å². The predicted molar refractivity (Wildman–Crippen MR) is 62.1 cm³/mol. The Kier molecular flexibility index (Phi) is 3.00. The number of hydrogen-bond acceptors (Lipinski definition) is 2. The molecule has 2 aromatic rings. The van der Waals surface area contributed by atoms with Crippen LogP contribution in [0.3, 0.4) is 0 Å². The zero-order chi connectivity index (χ0) is 11.4. The van der Waals surface area contributed by atoms with Crippen molar-refractivity contribution in [2.75, 3.05) is 6.54 Å². The summed E-state index contributed by atoms with van der Waals surface area (Å²) in [5, 5.41) is 2.72. The van der Waals surface area contributed by atoms with Crippen LogP contribution in [0.4, 0.5) is 0 Å². The molecule has 0 radical (unpaired) electrons. The molecule has 2 rings (SSSR count). The molecule has 0 saturated carbocycles. The molecule has 1 N–H and O–H groups in total. The highest BCUT2D eigenvalue weighted by molar-refractivity contribution is 5.86. The summed E-state index contributed by atoms with van der Waals surface area (Å²) in [5.41, 5.74) is 1.89. The van der Waals surface area contributed by atoms with E-state index in [1.165, 1.54) is 6.08 Å². The van der Waals surface area contributed by atoms with Gasteiger partial charge in [0.2, 0.25) is 5.91 Å². The van der Waals surface area contributed by atoms with Gasteiger partial charge in [-0.25, -0.2) is 4.98 Å². The highest BCUT2D eigenvalue weighted by atomic mass is 16.1. The van der Waals surface area contributed by atoms with E-state index in [-0.39, 0.29) is 5.91 Å². The normalized spacial score (nSPS) is 10.2. The van der Waals surface area contributed by atoms with Crippen LogP contribution in [-0.2, 0) is 11.2 Å². The molecule has 0 fully saturated rings. The van der Waals surface area contributed by atoms with Gasteiger partial charge < -0.3 is 9.72 Å². The lowest BCUT2D eigenvalue weighted by Crippen LogP contribution is -2.23. The van der Waals surface area contributed by atoms with Crippen LogP contribution in [-0.4, -0.2) is 21.8 Å². The number of amides is 1. The second-order valence-corrected chi connectivity index (χ2v) is 3.44. The van der Waals surface area contributed by atoms with Crippen LogP contribution in [0.25, 0.3) is 5.65 Å². The second kappa shape index (κ2) is 4.61. The van der Waals surface area contributed by atoms with Crippen LogP contribution in [0, 0.1) is 0 Å². The van der Waals surface area contributed by atoms with E-state index in [2.05, 4.69) is 16.9 Å². The molecule has 0 atom stereocenters. The molecule has 1 amide bonds. The molecule has 0 saturated heterocycles. The minimum Gasteiger partial charge on any atom is -0.352 e. The largest absolute Gasteiger partial charge is 0.352 e. The van der Waals surface area contributed by atoms with Crippen molar-refractivity contribution in [3.8, 4) is 0 Å². The Balaban J connectivity index is 1.99. The smallest absolute Gasteiger partial charge is 0.243 e. The molecular weight excluding hydrogens is 202 g/mol. The number of hydrogen-bond donors (Lipinski definition) is 1. The third kappa shape index (κ3) is 2.28. The van der Waals surface area contributed by atoms with Crippen LogP contribution in [0.15, 0.2) is 43.2 Å². The summed E-state index contributed by atoms with van der Waals surface area (Å²) in [6.07, 6.45) is 5.91. The van der Waals surface area contributed by atoms with Crippen molar-refractivity contribution in [3.63, 3.8) is 0 Å². The Morgan fingerprint density at radius 3 is 3.19 bits per heavy atom. The predicted octanol–water partition coefficient (Wildman–Crippen LogP) is 1.18. The van der Waals surface area contributed by atoms with E-state index in [1.54, 1.807) is 0 Å². The van der Waals surface area contributed by atoms with Crippen molar-refractivity contribution >= 4 is 11.6 Å². The number of carbonyl (C=O) groups is 1. The lowest BCUT2D eigenvalue weighted by Gasteiger charge is -1.98. The summed E-state index contributed by atoms with van der Waals surface area (Å²) in [6.45, 7) is 3.97. The topological polar surface area (TPSA) is 46.4 Å². The minimum absolute atomic E-state index is 0.149. The van der Waals surface area contributed by atoms with Gasteiger partial charge in [-0.3, -0.25) is 4.79 Å². The van der Waals surface area contributed by atoms with E-state index < -0.39 is 0 Å². The molecule has 0 unspecified atom stereocenters. The van der Waals surface area contributed by atoms with Gasteiger partial charge in [-0.15, -0.1) is 0 Å². The first-order valence-corrected chi connectivity index (χ1v) is 5.12. The van der Waals surface area contributed by atoms with Gasteiger partial charge in [-0.1, -0.05) is 12.6 Å². The molecule has 2 aromatic heterocycles. The number of fused-ring (bicyclic) bond motifs is 1. The number of nitrogens with one attached hydrogen (secondary N) is 1. The molecule has 82 valence electrons. The van der Waals surface area contributed by atoms with Gasteiger partial charge in [0.25, 0.3) is 0 Å². The van der Waals surface area contributed by atoms with E-state index in [0.717, 1.165) is 17.8 Å². The van der Waals surface area contributed by atoms with Gasteiger partial charge in [0.15, 0.2) is 0 Å². The lowest BCUT2D eigenvalue weighted by molar-refractivity contribution is -0.116. The Morgan fingerprint density at radius 1 is 1.56 bits per heavy atom. The average Bonchev–Trinajstić information content (AvgIpc) is 2.71. The maximum atomic E-state index is 10.9.